The van der Waals surface area contributed by atoms with E-state index in [0.717, 1.165) is 7.11 Å². The molecular formula is C11H25I2N2O4P. The minimum Gasteiger partial charge on any atom is -0.756 e. The molecular weight excluding hydrogens is 509 g/mol. The Morgan fingerprint density at radius 2 is 1.55 bits per heavy atom. The lowest BCUT2D eigenvalue weighted by atomic mass is 10.5. The molecule has 0 amide bonds. The topological polar surface area (TPSA) is 58.6 Å². The molecule has 122 valence electrons. The number of quaternary nitrogens is 2. The van der Waals surface area contributed by atoms with Crippen LogP contribution in [0.3, 0.4) is 0 Å². The fourth-order valence-corrected chi connectivity index (χ4v) is 0.890. The zero-order valence-electron chi connectivity index (χ0n) is 13.1. The van der Waals surface area contributed by atoms with Crippen molar-refractivity contribution in [2.45, 2.75) is 0 Å². The number of nitrogens with zero attached hydrogens (tertiary/aromatic N) is 2. The number of phosphoric ester groups is 1. The van der Waals surface area contributed by atoms with Gasteiger partial charge in [-0.15, -0.1) is 6.04 Å². The summed E-state index contributed by atoms with van der Waals surface area (Å²) in [5, 5.41) is 0. The number of hydrogen-bond donors (Lipinski definition) is 0. The number of rotatable bonds is 5. The average molecular weight is 534 g/mol. The van der Waals surface area contributed by atoms with Gasteiger partial charge < -0.3 is 24.8 Å². The summed E-state index contributed by atoms with van der Waals surface area (Å²) in [5.74, 6) is 0. The van der Waals surface area contributed by atoms with Gasteiger partial charge in [0, 0.05) is 44.3 Å². The van der Waals surface area contributed by atoms with E-state index in [1.165, 1.54) is 0 Å². The second-order valence-corrected chi connectivity index (χ2v) is 7.12. The molecule has 0 radical (unpaired) electrons. The van der Waals surface area contributed by atoms with Crippen LogP contribution in [0, 0.1) is 12.5 Å². The summed E-state index contributed by atoms with van der Waals surface area (Å²) in [4.78, 5) is 10.7. The predicted molar refractivity (Wildman–Crippen MR) is 96.7 cm³/mol. The van der Waals surface area contributed by atoms with E-state index < -0.39 is 7.82 Å². The van der Waals surface area contributed by atoms with E-state index in [4.69, 9.17) is 6.42 Å². The van der Waals surface area contributed by atoms with Crippen LogP contribution < -0.4 is 4.89 Å². The summed E-state index contributed by atoms with van der Waals surface area (Å²) >= 11 is 4.24. The van der Waals surface area contributed by atoms with Crippen LogP contribution in [0.4, 0.5) is 0 Å². The van der Waals surface area contributed by atoms with E-state index in [0.29, 0.717) is 15.5 Å². The van der Waals surface area contributed by atoms with Crippen LogP contribution in [0.1, 0.15) is 0 Å². The Kier molecular flexibility index (Phi) is 16.3. The molecule has 0 bridgehead atoms. The van der Waals surface area contributed by atoms with Crippen molar-refractivity contribution >= 4 is 45.1 Å². The maximum absolute atomic E-state index is 10.7. The first-order valence-electron chi connectivity index (χ1n) is 5.54. The second-order valence-electron chi connectivity index (χ2n) is 5.60. The summed E-state index contributed by atoms with van der Waals surface area (Å²) in [6.45, 7) is 0.772. The molecule has 1 atom stereocenters. The molecule has 6 nitrogen and oxygen atoms in total. The van der Waals surface area contributed by atoms with E-state index in [1.54, 1.807) is 0 Å². The standard InChI is InChI=1S/C6H16NO4P.C5H9N.I2/c1-7(2,3)5-6-11-12(8,9)10-4;1-5-6(2,3)4;1-2/h5-6H2,1-4H3;2-4H3;. The van der Waals surface area contributed by atoms with Gasteiger partial charge in [-0.25, -0.2) is 0 Å². The molecule has 9 heteroatoms. The van der Waals surface area contributed by atoms with Crippen LogP contribution in [0.5, 0.6) is 0 Å². The van der Waals surface area contributed by atoms with Crippen molar-refractivity contribution in [2.24, 2.45) is 0 Å². The molecule has 0 heterocycles. The Morgan fingerprint density at radius 1 is 1.20 bits per heavy atom. The lowest BCUT2D eigenvalue weighted by Gasteiger charge is -2.26. The molecule has 0 rings (SSSR count). The molecule has 0 aromatic heterocycles. The highest BCUT2D eigenvalue weighted by Crippen LogP contribution is 2.36. The lowest BCUT2D eigenvalue weighted by molar-refractivity contribution is -0.870. The maximum atomic E-state index is 10.7. The lowest BCUT2D eigenvalue weighted by Crippen LogP contribution is -2.37. The molecule has 20 heavy (non-hydrogen) atoms. The van der Waals surface area contributed by atoms with Crippen molar-refractivity contribution < 1.29 is 27.5 Å². The summed E-state index contributed by atoms with van der Waals surface area (Å²) in [6.07, 6.45) is 6.58. The molecule has 0 saturated carbocycles. The van der Waals surface area contributed by atoms with E-state index in [9.17, 15) is 9.46 Å². The van der Waals surface area contributed by atoms with Gasteiger partial charge in [0.2, 0.25) is 0 Å². The highest BCUT2D eigenvalue weighted by Gasteiger charge is 2.10. The third kappa shape index (κ3) is 27.4. The van der Waals surface area contributed by atoms with Crippen LogP contribution in [0.15, 0.2) is 0 Å². The SMILES string of the molecule is COP(=O)([O-])OCC[N+](C)(C)C.II.[C-]#C[N+](C)(C)C. The number of hydrogen-bond acceptors (Lipinski definition) is 4. The van der Waals surface area contributed by atoms with Gasteiger partial charge >= 0.3 is 0 Å². The molecule has 0 fully saturated rings. The van der Waals surface area contributed by atoms with Crippen LogP contribution in [-0.2, 0) is 13.6 Å². The zero-order chi connectivity index (χ0) is 17.0. The molecule has 0 aromatic carbocycles. The van der Waals surface area contributed by atoms with Crippen molar-refractivity contribution in [1.82, 2.24) is 0 Å². The van der Waals surface area contributed by atoms with Crippen LogP contribution in [0.25, 0.3) is 0 Å². The average Bonchev–Trinajstić information content (AvgIpc) is 2.29. The largest absolute Gasteiger partial charge is 0.756 e. The quantitative estimate of drug-likeness (QED) is 0.178. The number of likely N-dealkylation sites (N-methyl/N-ethyl adjacent to an activating group) is 1. The molecule has 1 unspecified atom stereocenters. The Morgan fingerprint density at radius 3 is 1.75 bits per heavy atom. The Balaban J connectivity index is -0.000000304. The fourth-order valence-electron chi connectivity index (χ4n) is 0.479. The minimum absolute atomic E-state index is 0.151. The number of phosphoric acid groups is 1. The van der Waals surface area contributed by atoms with Crippen molar-refractivity contribution in [1.29, 1.82) is 0 Å². The smallest absolute Gasteiger partial charge is 0.267 e. The first-order chi connectivity index (χ1) is 8.83. The first kappa shape index (κ1) is 26.0. The Labute approximate surface area is 146 Å². The molecule has 0 aliphatic rings. The summed E-state index contributed by atoms with van der Waals surface area (Å²) in [5.41, 5.74) is 0. The van der Waals surface area contributed by atoms with Gasteiger partial charge in [-0.3, -0.25) is 9.05 Å². The van der Waals surface area contributed by atoms with Gasteiger partial charge in [0.1, 0.15) is 13.2 Å². The minimum atomic E-state index is -4.02. The molecule has 0 spiro atoms. The van der Waals surface area contributed by atoms with Gasteiger partial charge in [0.25, 0.3) is 7.82 Å². The fraction of sp³-hybridized carbons (Fsp3) is 0.818. The van der Waals surface area contributed by atoms with Crippen LogP contribution >= 0.6 is 45.1 Å². The Hall–Kier alpha value is 1.05. The van der Waals surface area contributed by atoms with E-state index in [2.05, 4.69) is 52.3 Å². The van der Waals surface area contributed by atoms with Crippen molar-refractivity contribution in [3.8, 4) is 6.04 Å². The number of halogens is 2. The van der Waals surface area contributed by atoms with Gasteiger partial charge in [0.15, 0.2) is 0 Å². The highest BCUT2D eigenvalue weighted by molar-refractivity contribution is 15.0. The first-order valence-corrected chi connectivity index (χ1v) is 13.3. The van der Waals surface area contributed by atoms with E-state index in [1.807, 2.05) is 42.3 Å². The van der Waals surface area contributed by atoms with E-state index >= 15 is 0 Å². The van der Waals surface area contributed by atoms with Gasteiger partial charge in [-0.2, -0.15) is 0 Å². The van der Waals surface area contributed by atoms with E-state index in [-0.39, 0.29) is 6.61 Å². The van der Waals surface area contributed by atoms with Crippen molar-refractivity contribution in [2.75, 3.05) is 62.5 Å². The third-order valence-corrected chi connectivity index (χ3v) is 2.52. The molecule has 0 aliphatic heterocycles. The summed E-state index contributed by atoms with van der Waals surface area (Å²) in [7, 11) is 8.56. The second kappa shape index (κ2) is 12.6. The molecule has 0 aliphatic carbocycles. The third-order valence-electron chi connectivity index (χ3n) is 1.57. The molecule has 0 N–H and O–H groups in total. The maximum Gasteiger partial charge on any atom is 0.267 e. The van der Waals surface area contributed by atoms with Gasteiger partial charge in [-0.05, 0) is 0 Å². The summed E-state index contributed by atoms with van der Waals surface area (Å²) in [6, 6.07) is 2.29. The van der Waals surface area contributed by atoms with Gasteiger partial charge in [0.05, 0.1) is 42.3 Å². The molecule has 0 aromatic rings. The predicted octanol–water partition coefficient (Wildman–Crippen LogP) is 1.84. The normalized spacial score (nSPS) is 13.8. The zero-order valence-corrected chi connectivity index (χ0v) is 18.4. The van der Waals surface area contributed by atoms with Crippen molar-refractivity contribution in [3.63, 3.8) is 0 Å². The van der Waals surface area contributed by atoms with Crippen LogP contribution in [0.2, 0.25) is 0 Å². The highest BCUT2D eigenvalue weighted by atomic mass is 128. The summed E-state index contributed by atoms with van der Waals surface area (Å²) < 4.78 is 20.4. The van der Waals surface area contributed by atoms with Gasteiger partial charge in [-0.1, -0.05) is 0 Å². The van der Waals surface area contributed by atoms with Crippen molar-refractivity contribution in [3.05, 3.63) is 6.42 Å². The molecule has 0 saturated heterocycles. The Bertz CT molecular complexity index is 322. The van der Waals surface area contributed by atoms with Crippen LogP contribution in [-0.4, -0.2) is 71.5 Å². The monoisotopic (exact) mass is 534 g/mol.